The molecule has 0 bridgehead atoms. The van der Waals surface area contributed by atoms with E-state index >= 15 is 0 Å². The molecule has 4 heterocycles. The molecule has 6 nitrogen and oxygen atoms in total. The second-order valence-corrected chi connectivity index (χ2v) is 7.36. The highest BCUT2D eigenvalue weighted by molar-refractivity contribution is 7.19. The van der Waals surface area contributed by atoms with Crippen molar-refractivity contribution in [3.05, 3.63) is 33.2 Å². The SMILES string of the molecule is Cc1cc2c(cc3c(=O)n(CC(=O)N4CCCC4)nc(C)n32)s1. The second-order valence-electron chi connectivity index (χ2n) is 6.07. The maximum atomic E-state index is 12.7. The van der Waals surface area contributed by atoms with Gasteiger partial charge in [0.1, 0.15) is 17.9 Å². The summed E-state index contributed by atoms with van der Waals surface area (Å²) in [4.78, 5) is 28.0. The lowest BCUT2D eigenvalue weighted by Crippen LogP contribution is -2.36. The molecule has 0 spiro atoms. The summed E-state index contributed by atoms with van der Waals surface area (Å²) in [6.45, 7) is 5.52. The van der Waals surface area contributed by atoms with Gasteiger partial charge < -0.3 is 4.90 Å². The molecule has 0 N–H and O–H groups in total. The lowest BCUT2D eigenvalue weighted by atomic mass is 10.4. The molecule has 120 valence electrons. The molecule has 1 amide bonds. The van der Waals surface area contributed by atoms with Crippen LogP contribution in [-0.4, -0.2) is 38.1 Å². The van der Waals surface area contributed by atoms with Crippen molar-refractivity contribution in [2.45, 2.75) is 33.2 Å². The van der Waals surface area contributed by atoms with E-state index in [-0.39, 0.29) is 18.0 Å². The Hall–Kier alpha value is -2.15. The number of aromatic nitrogens is 3. The number of carbonyl (C=O) groups is 1. The van der Waals surface area contributed by atoms with Crippen molar-refractivity contribution in [3.8, 4) is 0 Å². The van der Waals surface area contributed by atoms with E-state index in [4.69, 9.17) is 0 Å². The van der Waals surface area contributed by atoms with E-state index in [1.165, 1.54) is 9.56 Å². The Morgan fingerprint density at radius 2 is 1.96 bits per heavy atom. The van der Waals surface area contributed by atoms with Gasteiger partial charge in [-0.25, -0.2) is 4.68 Å². The number of hydrogen-bond donors (Lipinski definition) is 0. The van der Waals surface area contributed by atoms with Crippen molar-refractivity contribution in [1.82, 2.24) is 19.1 Å². The molecule has 3 aromatic rings. The van der Waals surface area contributed by atoms with Gasteiger partial charge in [-0.3, -0.25) is 14.0 Å². The third kappa shape index (κ3) is 2.26. The standard InChI is InChI=1S/C16H18N4O2S/c1-10-7-12-14(23-10)8-13-16(22)19(17-11(2)20(12)13)9-15(21)18-5-3-4-6-18/h7-8H,3-6,9H2,1-2H3. The van der Waals surface area contributed by atoms with Crippen LogP contribution >= 0.6 is 11.3 Å². The van der Waals surface area contributed by atoms with E-state index in [2.05, 4.69) is 18.1 Å². The normalized spacial score (nSPS) is 15.1. The van der Waals surface area contributed by atoms with Crippen LogP contribution in [0.1, 0.15) is 23.5 Å². The number of hydrogen-bond acceptors (Lipinski definition) is 4. The fourth-order valence-electron chi connectivity index (χ4n) is 3.32. The van der Waals surface area contributed by atoms with E-state index in [9.17, 15) is 9.59 Å². The van der Waals surface area contributed by atoms with Gasteiger partial charge in [-0.05, 0) is 38.8 Å². The van der Waals surface area contributed by atoms with Crippen molar-refractivity contribution >= 4 is 33.0 Å². The zero-order chi connectivity index (χ0) is 16.1. The molecule has 23 heavy (non-hydrogen) atoms. The summed E-state index contributed by atoms with van der Waals surface area (Å²) < 4.78 is 4.27. The molecule has 0 saturated carbocycles. The van der Waals surface area contributed by atoms with Crippen LogP contribution in [0.25, 0.3) is 15.7 Å². The Balaban J connectivity index is 1.80. The van der Waals surface area contributed by atoms with Crippen LogP contribution in [0.4, 0.5) is 0 Å². The third-order valence-corrected chi connectivity index (χ3v) is 5.39. The number of nitrogens with zero attached hydrogens (tertiary/aromatic N) is 4. The predicted octanol–water partition coefficient (Wildman–Crippen LogP) is 1.95. The Kier molecular flexibility index (Phi) is 3.26. The zero-order valence-corrected chi connectivity index (χ0v) is 14.0. The van der Waals surface area contributed by atoms with Crippen LogP contribution in [-0.2, 0) is 11.3 Å². The van der Waals surface area contributed by atoms with Crippen molar-refractivity contribution < 1.29 is 4.79 Å². The highest BCUT2D eigenvalue weighted by atomic mass is 32.1. The van der Waals surface area contributed by atoms with E-state index in [0.717, 1.165) is 42.0 Å². The van der Waals surface area contributed by atoms with E-state index in [0.29, 0.717) is 5.52 Å². The molecule has 0 atom stereocenters. The molecule has 1 saturated heterocycles. The maximum Gasteiger partial charge on any atom is 0.291 e. The predicted molar refractivity (Wildman–Crippen MR) is 90.1 cm³/mol. The minimum absolute atomic E-state index is 0.0219. The largest absolute Gasteiger partial charge is 0.341 e. The van der Waals surface area contributed by atoms with Gasteiger partial charge in [0.25, 0.3) is 5.56 Å². The third-order valence-electron chi connectivity index (χ3n) is 4.40. The van der Waals surface area contributed by atoms with Gasteiger partial charge in [-0.1, -0.05) is 0 Å². The quantitative estimate of drug-likeness (QED) is 0.721. The Morgan fingerprint density at radius 1 is 1.22 bits per heavy atom. The van der Waals surface area contributed by atoms with E-state index in [1.807, 2.05) is 22.3 Å². The van der Waals surface area contributed by atoms with Crippen molar-refractivity contribution in [1.29, 1.82) is 0 Å². The van der Waals surface area contributed by atoms with Crippen molar-refractivity contribution in [3.63, 3.8) is 0 Å². The van der Waals surface area contributed by atoms with Gasteiger partial charge in [0, 0.05) is 18.0 Å². The fourth-order valence-corrected chi connectivity index (χ4v) is 4.26. The molecule has 1 aliphatic rings. The average molecular weight is 330 g/mol. The topological polar surface area (TPSA) is 59.6 Å². The van der Waals surface area contributed by atoms with E-state index in [1.54, 1.807) is 11.3 Å². The summed E-state index contributed by atoms with van der Waals surface area (Å²) in [5, 5.41) is 4.37. The fraction of sp³-hybridized carbons (Fsp3) is 0.438. The van der Waals surface area contributed by atoms with Crippen LogP contribution in [0, 0.1) is 13.8 Å². The molecule has 0 radical (unpaired) electrons. The lowest BCUT2D eigenvalue weighted by Gasteiger charge is -2.16. The molecule has 1 fully saturated rings. The Bertz CT molecular complexity index is 975. The van der Waals surface area contributed by atoms with Crippen LogP contribution in [0.15, 0.2) is 16.9 Å². The first kappa shape index (κ1) is 14.4. The molecule has 4 rings (SSSR count). The number of carbonyl (C=O) groups excluding carboxylic acids is 1. The average Bonchev–Trinajstić information content (AvgIpc) is 3.18. The molecular weight excluding hydrogens is 312 g/mol. The summed E-state index contributed by atoms with van der Waals surface area (Å²) in [6, 6.07) is 3.97. The van der Waals surface area contributed by atoms with Crippen LogP contribution in [0.5, 0.6) is 0 Å². The summed E-state index contributed by atoms with van der Waals surface area (Å²) in [5.41, 5.74) is 1.40. The van der Waals surface area contributed by atoms with Gasteiger partial charge >= 0.3 is 0 Å². The number of aryl methyl sites for hydroxylation is 2. The van der Waals surface area contributed by atoms with Gasteiger partial charge in [-0.15, -0.1) is 11.3 Å². The molecular formula is C16H18N4O2S. The molecule has 0 unspecified atom stereocenters. The number of fused-ring (bicyclic) bond motifs is 3. The molecule has 0 aliphatic carbocycles. The van der Waals surface area contributed by atoms with Crippen molar-refractivity contribution in [2.24, 2.45) is 0 Å². The highest BCUT2D eigenvalue weighted by Crippen LogP contribution is 2.27. The van der Waals surface area contributed by atoms with Gasteiger partial charge in [-0.2, -0.15) is 5.10 Å². The zero-order valence-electron chi connectivity index (χ0n) is 13.2. The molecule has 0 aromatic carbocycles. The van der Waals surface area contributed by atoms with Crippen LogP contribution in [0.2, 0.25) is 0 Å². The maximum absolute atomic E-state index is 12.7. The number of likely N-dealkylation sites (tertiary alicyclic amines) is 1. The molecule has 1 aliphatic heterocycles. The number of thiophene rings is 1. The van der Waals surface area contributed by atoms with Crippen LogP contribution in [0.3, 0.4) is 0 Å². The lowest BCUT2D eigenvalue weighted by molar-refractivity contribution is -0.131. The van der Waals surface area contributed by atoms with Gasteiger partial charge in [0.2, 0.25) is 5.91 Å². The first-order valence-electron chi connectivity index (χ1n) is 7.82. The van der Waals surface area contributed by atoms with E-state index < -0.39 is 0 Å². The Morgan fingerprint density at radius 3 is 2.70 bits per heavy atom. The molecule has 3 aromatic heterocycles. The molecule has 7 heteroatoms. The first-order valence-corrected chi connectivity index (χ1v) is 8.63. The van der Waals surface area contributed by atoms with Gasteiger partial charge in [0.05, 0.1) is 10.2 Å². The summed E-state index contributed by atoms with van der Waals surface area (Å²) in [6.07, 6.45) is 2.08. The first-order chi connectivity index (χ1) is 11.0. The van der Waals surface area contributed by atoms with Crippen molar-refractivity contribution in [2.75, 3.05) is 13.1 Å². The van der Waals surface area contributed by atoms with Gasteiger partial charge in [0.15, 0.2) is 0 Å². The second kappa shape index (κ2) is 5.19. The highest BCUT2D eigenvalue weighted by Gasteiger charge is 2.20. The minimum Gasteiger partial charge on any atom is -0.341 e. The Labute approximate surface area is 136 Å². The van der Waals surface area contributed by atoms with Crippen LogP contribution < -0.4 is 5.56 Å². The minimum atomic E-state index is -0.204. The number of rotatable bonds is 2. The smallest absolute Gasteiger partial charge is 0.291 e. The summed E-state index contributed by atoms with van der Waals surface area (Å²) in [5.74, 6) is 0.701. The summed E-state index contributed by atoms with van der Waals surface area (Å²) >= 11 is 1.66. The number of amides is 1. The monoisotopic (exact) mass is 330 g/mol. The summed E-state index contributed by atoms with van der Waals surface area (Å²) in [7, 11) is 0.